The van der Waals surface area contributed by atoms with Crippen molar-refractivity contribution in [2.45, 2.75) is 12.8 Å². The van der Waals surface area contributed by atoms with Crippen LogP contribution in [-0.4, -0.2) is 40.6 Å². The molecule has 134 valence electrons. The van der Waals surface area contributed by atoms with Crippen molar-refractivity contribution < 1.29 is 5.11 Å². The number of aromatic nitrogens is 3. The fourth-order valence-corrected chi connectivity index (χ4v) is 4.03. The number of pyridine rings is 1. The zero-order valence-corrected chi connectivity index (χ0v) is 15.4. The molecule has 3 heterocycles. The average Bonchev–Trinajstić information content (AvgIpc) is 3.07. The van der Waals surface area contributed by atoms with Gasteiger partial charge in [0.25, 0.3) is 5.56 Å². The summed E-state index contributed by atoms with van der Waals surface area (Å²) in [5.74, 6) is 0. The first-order chi connectivity index (χ1) is 13.2. The summed E-state index contributed by atoms with van der Waals surface area (Å²) in [5, 5.41) is 13.1. The fourth-order valence-electron chi connectivity index (χ4n) is 2.98. The number of nitrogens with one attached hydrogen (secondary N) is 1. The van der Waals surface area contributed by atoms with Crippen molar-refractivity contribution in [2.24, 2.45) is 0 Å². The van der Waals surface area contributed by atoms with Gasteiger partial charge in [0.15, 0.2) is 0 Å². The first-order valence-electron chi connectivity index (χ1n) is 8.68. The second-order valence-electron chi connectivity index (χ2n) is 6.19. The zero-order chi connectivity index (χ0) is 18.8. The molecule has 0 bridgehead atoms. The first kappa shape index (κ1) is 17.7. The Balaban J connectivity index is 1.81. The Hall–Kier alpha value is -2.71. The molecule has 0 unspecified atom stereocenters. The Bertz CT molecular complexity index is 1150. The molecule has 2 N–H and O–H groups in total. The van der Waals surface area contributed by atoms with Gasteiger partial charge in [-0.05, 0) is 31.0 Å². The Kier molecular flexibility index (Phi) is 4.91. The number of nitrogens with zero attached hydrogens (tertiary/aromatic N) is 3. The van der Waals surface area contributed by atoms with Gasteiger partial charge < -0.3 is 10.4 Å². The number of rotatable bonds is 6. The van der Waals surface area contributed by atoms with Crippen LogP contribution in [-0.2, 0) is 0 Å². The minimum Gasteiger partial charge on any atom is -0.396 e. The zero-order valence-electron chi connectivity index (χ0n) is 14.6. The number of aliphatic hydroxyl groups excluding tert-OH is 1. The van der Waals surface area contributed by atoms with Crippen LogP contribution in [0.3, 0.4) is 0 Å². The monoisotopic (exact) mass is 376 g/mol. The van der Waals surface area contributed by atoms with Gasteiger partial charge in [-0.2, -0.15) is 0 Å². The lowest BCUT2D eigenvalue weighted by atomic mass is 9.96. The lowest BCUT2D eigenvalue weighted by Gasteiger charge is -2.08. The molecule has 1 aromatic carbocycles. The van der Waals surface area contributed by atoms with Crippen LogP contribution in [0, 0.1) is 0 Å². The van der Waals surface area contributed by atoms with Gasteiger partial charge in [0.2, 0.25) is 0 Å². The van der Waals surface area contributed by atoms with Gasteiger partial charge in [-0.1, -0.05) is 17.6 Å². The summed E-state index contributed by atoms with van der Waals surface area (Å²) in [4.78, 5) is 22.8. The maximum absolute atomic E-state index is 13.0. The van der Waals surface area contributed by atoms with E-state index in [0.29, 0.717) is 15.7 Å². The molecule has 4 rings (SSSR count). The van der Waals surface area contributed by atoms with E-state index in [9.17, 15) is 4.79 Å². The van der Waals surface area contributed by atoms with Gasteiger partial charge in [-0.25, -0.2) is 9.97 Å². The van der Waals surface area contributed by atoms with E-state index in [1.165, 1.54) is 15.9 Å². The normalized spacial score (nSPS) is 11.3. The molecule has 0 saturated heterocycles. The third-order valence-electron chi connectivity index (χ3n) is 4.35. The molecular formula is C19H17BN4O2S. The lowest BCUT2D eigenvalue weighted by molar-refractivity contribution is 0.286. The van der Waals surface area contributed by atoms with Crippen LogP contribution in [0.2, 0.25) is 0 Å². The van der Waals surface area contributed by atoms with Crippen LogP contribution in [0.15, 0.2) is 47.7 Å². The van der Waals surface area contributed by atoms with E-state index in [2.05, 4.69) is 15.3 Å². The topological polar surface area (TPSA) is 80.0 Å². The molecule has 27 heavy (non-hydrogen) atoms. The molecule has 6 nitrogen and oxygen atoms in total. The van der Waals surface area contributed by atoms with E-state index >= 15 is 0 Å². The Morgan fingerprint density at radius 2 is 1.96 bits per heavy atom. The number of anilines is 1. The van der Waals surface area contributed by atoms with E-state index in [4.69, 9.17) is 13.0 Å². The van der Waals surface area contributed by atoms with Crippen molar-refractivity contribution in [2.75, 3.05) is 18.5 Å². The highest BCUT2D eigenvalue weighted by molar-refractivity contribution is 7.25. The van der Waals surface area contributed by atoms with Crippen molar-refractivity contribution in [3.8, 4) is 5.69 Å². The predicted octanol–water partition coefficient (Wildman–Crippen LogP) is 1.97. The van der Waals surface area contributed by atoms with Gasteiger partial charge in [0.1, 0.15) is 23.7 Å². The third-order valence-corrected chi connectivity index (χ3v) is 5.43. The van der Waals surface area contributed by atoms with Crippen molar-refractivity contribution >= 4 is 50.8 Å². The van der Waals surface area contributed by atoms with Crippen LogP contribution >= 0.6 is 11.3 Å². The molecule has 0 aliphatic heterocycles. The molecule has 0 spiro atoms. The molecule has 0 saturated carbocycles. The molecule has 4 aromatic rings. The predicted molar refractivity (Wildman–Crippen MR) is 111 cm³/mol. The van der Waals surface area contributed by atoms with Crippen molar-refractivity contribution in [3.05, 3.63) is 53.2 Å². The molecule has 0 fully saturated rings. The minimum absolute atomic E-state index is 0.126. The molecule has 0 amide bonds. The summed E-state index contributed by atoms with van der Waals surface area (Å²) >= 11 is 1.35. The number of thiophene rings is 1. The van der Waals surface area contributed by atoms with Gasteiger partial charge in [0, 0.05) is 25.0 Å². The van der Waals surface area contributed by atoms with Crippen LogP contribution < -0.4 is 16.3 Å². The van der Waals surface area contributed by atoms with E-state index < -0.39 is 0 Å². The average molecular weight is 376 g/mol. The number of fused-ring (bicyclic) bond motifs is 3. The lowest BCUT2D eigenvalue weighted by Crippen LogP contribution is -2.18. The molecule has 8 heteroatoms. The Morgan fingerprint density at radius 3 is 2.74 bits per heavy atom. The fraction of sp³-hybridized carbons (Fsp3) is 0.211. The smallest absolute Gasteiger partial charge is 0.275 e. The van der Waals surface area contributed by atoms with Crippen molar-refractivity contribution in [1.82, 2.24) is 14.5 Å². The van der Waals surface area contributed by atoms with Crippen molar-refractivity contribution in [3.63, 3.8) is 0 Å². The van der Waals surface area contributed by atoms with Crippen LogP contribution in [0.1, 0.15) is 12.8 Å². The molecule has 0 atom stereocenters. The van der Waals surface area contributed by atoms with Gasteiger partial charge >= 0.3 is 0 Å². The Labute approximate surface area is 160 Å². The van der Waals surface area contributed by atoms with Gasteiger partial charge in [0.05, 0.1) is 16.6 Å². The van der Waals surface area contributed by atoms with E-state index in [-0.39, 0.29) is 12.2 Å². The number of benzene rings is 1. The summed E-state index contributed by atoms with van der Waals surface area (Å²) in [7, 11) is 5.73. The molecule has 0 aliphatic rings. The first-order valence-corrected chi connectivity index (χ1v) is 9.50. The molecule has 0 aliphatic carbocycles. The maximum Gasteiger partial charge on any atom is 0.275 e. The highest BCUT2D eigenvalue weighted by Crippen LogP contribution is 2.34. The second kappa shape index (κ2) is 7.50. The summed E-state index contributed by atoms with van der Waals surface area (Å²) < 4.78 is 2.09. The number of hydrogen-bond acceptors (Lipinski definition) is 6. The van der Waals surface area contributed by atoms with E-state index in [1.54, 1.807) is 36.8 Å². The second-order valence-corrected chi connectivity index (χ2v) is 7.19. The van der Waals surface area contributed by atoms with Gasteiger partial charge in [-0.3, -0.25) is 9.36 Å². The quantitative estimate of drug-likeness (QED) is 0.397. The number of unbranched alkanes of at least 4 members (excludes halogenated alkanes) is 1. The van der Waals surface area contributed by atoms with Gasteiger partial charge in [-0.15, -0.1) is 11.3 Å². The highest BCUT2D eigenvalue weighted by atomic mass is 32.1. The molecule has 2 radical (unpaired) electrons. The Morgan fingerprint density at radius 1 is 1.15 bits per heavy atom. The molecule has 3 aromatic heterocycles. The number of hydrogen-bond donors (Lipinski definition) is 2. The number of aliphatic hydroxyl groups is 1. The standard InChI is InChI=1S/C19H17BN4O2S/c20-12-3-5-13(6-4-12)24-11-23-16-15-14(21-8-1-2-10-25)7-9-22-18(15)27-17(16)19(24)26/h3-7,9,11,25H,1-2,8,10H2,(H,21,22). The minimum atomic E-state index is -0.126. The summed E-state index contributed by atoms with van der Waals surface area (Å²) in [6.07, 6.45) is 4.88. The van der Waals surface area contributed by atoms with Crippen molar-refractivity contribution in [1.29, 1.82) is 0 Å². The van der Waals surface area contributed by atoms with Crippen LogP contribution in [0.25, 0.3) is 26.1 Å². The maximum atomic E-state index is 13.0. The highest BCUT2D eigenvalue weighted by Gasteiger charge is 2.16. The largest absolute Gasteiger partial charge is 0.396 e. The summed E-state index contributed by atoms with van der Waals surface area (Å²) in [6.45, 7) is 0.917. The molecular weight excluding hydrogens is 359 g/mol. The SMILES string of the molecule is [B]c1ccc(-n2cnc3c(sc4nccc(NCCCCO)c43)c2=O)cc1. The van der Waals surface area contributed by atoms with E-state index in [1.807, 2.05) is 6.07 Å². The van der Waals surface area contributed by atoms with Crippen LogP contribution in [0.4, 0.5) is 5.69 Å². The van der Waals surface area contributed by atoms with Crippen LogP contribution in [0.5, 0.6) is 0 Å². The summed E-state index contributed by atoms with van der Waals surface area (Å²) in [6, 6.07) is 8.99. The third kappa shape index (κ3) is 3.33. The summed E-state index contributed by atoms with van der Waals surface area (Å²) in [5.41, 5.74) is 2.80. The van der Waals surface area contributed by atoms with E-state index in [0.717, 1.165) is 41.0 Å².